The monoisotopic (exact) mass is 661 g/mol. The van der Waals surface area contributed by atoms with E-state index in [0.29, 0.717) is 29.7 Å². The molecule has 3 nitrogen and oxygen atoms in total. The molecule has 0 N–H and O–H groups in total. The van der Waals surface area contributed by atoms with E-state index in [-0.39, 0.29) is 4.90 Å². The van der Waals surface area contributed by atoms with Gasteiger partial charge >= 0.3 is 0 Å². The zero-order valence-electron chi connectivity index (χ0n) is 16.1. The first-order valence-corrected chi connectivity index (χ1v) is 12.7. The Morgan fingerprint density at radius 2 is 1.19 bits per heavy atom. The van der Waals surface area contributed by atoms with Gasteiger partial charge in [0.1, 0.15) is 11.6 Å². The fourth-order valence-corrected chi connectivity index (χ4v) is 6.82. The van der Waals surface area contributed by atoms with Gasteiger partial charge in [-0.3, -0.25) is 0 Å². The molecule has 0 radical (unpaired) electrons. The van der Waals surface area contributed by atoms with E-state index in [1.807, 2.05) is 6.92 Å². The molecule has 0 aliphatic rings. The van der Waals surface area contributed by atoms with Gasteiger partial charge in [-0.15, -0.1) is 0 Å². The minimum Gasteiger partial charge on any atom is -0.231 e. The molecule has 0 amide bonds. The van der Waals surface area contributed by atoms with Crippen LogP contribution in [-0.2, 0) is 10.0 Å². The molecule has 1 aromatic heterocycles. The smallest absolute Gasteiger partial charge is 0.231 e. The second kappa shape index (κ2) is 8.62. The Hall–Kier alpha value is -1.79. The van der Waals surface area contributed by atoms with E-state index < -0.39 is 21.7 Å². The molecular formula is C23H15F2I2NO2S. The number of aryl methyl sites for hydroxylation is 1. The van der Waals surface area contributed by atoms with Gasteiger partial charge in [0, 0.05) is 11.1 Å². The zero-order valence-corrected chi connectivity index (χ0v) is 21.2. The minimum absolute atomic E-state index is 0.0937. The highest BCUT2D eigenvalue weighted by atomic mass is 127. The van der Waals surface area contributed by atoms with Crippen molar-refractivity contribution >= 4 is 55.2 Å². The van der Waals surface area contributed by atoms with Gasteiger partial charge in [0.05, 0.1) is 23.4 Å². The lowest BCUT2D eigenvalue weighted by molar-refractivity contribution is 0.588. The molecule has 158 valence electrons. The standard InChI is InChI=1S/C23H15F2I2NO2S/c1-14-8-10-19(11-9-14)31(29,30)28-22(15-4-2-6-17(24)12-15)20(26)21(27)23(28)16-5-3-7-18(25)13-16/h2-13H,1H3. The maximum Gasteiger partial charge on any atom is 0.268 e. The Morgan fingerprint density at radius 1 is 0.742 bits per heavy atom. The van der Waals surface area contributed by atoms with Crippen LogP contribution in [0.15, 0.2) is 77.7 Å². The number of benzene rings is 3. The molecule has 3 aromatic carbocycles. The van der Waals surface area contributed by atoms with E-state index in [9.17, 15) is 17.2 Å². The number of hydrogen-bond donors (Lipinski definition) is 0. The van der Waals surface area contributed by atoms with Gasteiger partial charge < -0.3 is 0 Å². The molecule has 0 atom stereocenters. The van der Waals surface area contributed by atoms with Crippen LogP contribution in [0.1, 0.15) is 5.56 Å². The van der Waals surface area contributed by atoms with Crippen molar-refractivity contribution in [3.63, 3.8) is 0 Å². The Morgan fingerprint density at radius 3 is 1.61 bits per heavy atom. The molecule has 0 aliphatic heterocycles. The van der Waals surface area contributed by atoms with Crippen molar-refractivity contribution in [1.29, 1.82) is 0 Å². The van der Waals surface area contributed by atoms with Gasteiger partial charge in [-0.05, 0) is 88.5 Å². The van der Waals surface area contributed by atoms with Gasteiger partial charge in [-0.1, -0.05) is 42.0 Å². The van der Waals surface area contributed by atoms with Gasteiger partial charge in [0.25, 0.3) is 10.0 Å². The summed E-state index contributed by atoms with van der Waals surface area (Å²) < 4.78 is 58.3. The first-order valence-electron chi connectivity index (χ1n) is 9.14. The maximum absolute atomic E-state index is 14.1. The van der Waals surface area contributed by atoms with Crippen LogP contribution in [0.25, 0.3) is 22.5 Å². The van der Waals surface area contributed by atoms with E-state index in [4.69, 9.17) is 0 Å². The van der Waals surface area contributed by atoms with Gasteiger partial charge in [-0.25, -0.2) is 21.2 Å². The fourth-order valence-electron chi connectivity index (χ4n) is 3.31. The lowest BCUT2D eigenvalue weighted by Gasteiger charge is -2.15. The summed E-state index contributed by atoms with van der Waals surface area (Å²) in [5.41, 5.74) is 2.43. The highest BCUT2D eigenvalue weighted by Crippen LogP contribution is 2.41. The van der Waals surface area contributed by atoms with Crippen LogP contribution in [0.4, 0.5) is 8.78 Å². The predicted octanol–water partition coefficient (Wildman–Crippen LogP) is 6.85. The summed E-state index contributed by atoms with van der Waals surface area (Å²) in [6.07, 6.45) is 0. The summed E-state index contributed by atoms with van der Waals surface area (Å²) in [5.74, 6) is -0.952. The Kier molecular flexibility index (Phi) is 6.23. The summed E-state index contributed by atoms with van der Waals surface area (Å²) in [4.78, 5) is 0.0937. The first-order chi connectivity index (χ1) is 14.7. The molecule has 0 saturated carbocycles. The van der Waals surface area contributed by atoms with E-state index in [0.717, 1.165) is 5.56 Å². The molecule has 0 bridgehead atoms. The molecule has 0 aliphatic carbocycles. The summed E-state index contributed by atoms with van der Waals surface area (Å²) in [5, 5.41) is 0. The van der Waals surface area contributed by atoms with Gasteiger partial charge in [0.2, 0.25) is 0 Å². The Balaban J connectivity index is 2.12. The van der Waals surface area contributed by atoms with E-state index in [1.165, 1.54) is 52.5 Å². The van der Waals surface area contributed by atoms with E-state index in [2.05, 4.69) is 45.2 Å². The highest BCUT2D eigenvalue weighted by Gasteiger charge is 2.31. The number of hydrogen-bond acceptors (Lipinski definition) is 2. The topological polar surface area (TPSA) is 39.1 Å². The largest absolute Gasteiger partial charge is 0.268 e. The number of aromatic nitrogens is 1. The molecule has 4 aromatic rings. The average molecular weight is 661 g/mol. The lowest BCUT2D eigenvalue weighted by atomic mass is 10.1. The van der Waals surface area contributed by atoms with Crippen molar-refractivity contribution in [2.75, 3.05) is 0 Å². The second-order valence-corrected chi connectivity index (χ2v) is 10.9. The van der Waals surface area contributed by atoms with Crippen LogP contribution in [0.5, 0.6) is 0 Å². The van der Waals surface area contributed by atoms with Crippen molar-refractivity contribution in [3.05, 3.63) is 97.1 Å². The van der Waals surface area contributed by atoms with Crippen LogP contribution in [0, 0.1) is 25.7 Å². The SMILES string of the molecule is Cc1ccc(S(=O)(=O)n2c(-c3cccc(F)c3)c(I)c(I)c2-c2cccc(F)c2)cc1. The molecule has 4 rings (SSSR count). The number of halogens is 4. The molecule has 0 fully saturated rings. The van der Waals surface area contributed by atoms with E-state index >= 15 is 0 Å². The first kappa shape index (κ1) is 22.4. The van der Waals surface area contributed by atoms with Crippen molar-refractivity contribution < 1.29 is 17.2 Å². The molecule has 0 unspecified atom stereocenters. The third-order valence-electron chi connectivity index (χ3n) is 4.77. The number of rotatable bonds is 4. The molecule has 0 spiro atoms. The lowest BCUT2D eigenvalue weighted by Crippen LogP contribution is -2.16. The average Bonchev–Trinajstić information content (AvgIpc) is 3.00. The summed E-state index contributed by atoms with van der Waals surface area (Å²) in [6, 6.07) is 18.1. The molecule has 1 heterocycles. The Bertz CT molecular complexity index is 1330. The molecule has 0 saturated heterocycles. The third-order valence-corrected chi connectivity index (χ3v) is 9.62. The van der Waals surface area contributed by atoms with Crippen LogP contribution >= 0.6 is 45.2 Å². The van der Waals surface area contributed by atoms with Crippen LogP contribution in [0.2, 0.25) is 0 Å². The number of nitrogens with zero attached hydrogens (tertiary/aromatic N) is 1. The van der Waals surface area contributed by atoms with E-state index in [1.54, 1.807) is 24.3 Å². The Labute approximate surface area is 206 Å². The van der Waals surface area contributed by atoms with Crippen molar-refractivity contribution in [2.24, 2.45) is 0 Å². The third kappa shape index (κ3) is 4.17. The summed E-state index contributed by atoms with van der Waals surface area (Å²) >= 11 is 4.12. The molecule has 8 heteroatoms. The normalized spacial score (nSPS) is 11.6. The van der Waals surface area contributed by atoms with Crippen LogP contribution in [0.3, 0.4) is 0 Å². The second-order valence-electron chi connectivity index (χ2n) is 6.93. The zero-order chi connectivity index (χ0) is 22.3. The van der Waals surface area contributed by atoms with Crippen molar-refractivity contribution in [1.82, 2.24) is 3.97 Å². The van der Waals surface area contributed by atoms with Gasteiger partial charge in [0.15, 0.2) is 0 Å². The summed E-state index contributed by atoms with van der Waals surface area (Å²) in [7, 11) is -4.08. The van der Waals surface area contributed by atoms with Crippen molar-refractivity contribution in [3.8, 4) is 22.5 Å². The quantitative estimate of drug-likeness (QED) is 0.225. The molecule has 31 heavy (non-hydrogen) atoms. The van der Waals surface area contributed by atoms with Crippen molar-refractivity contribution in [2.45, 2.75) is 11.8 Å². The fraction of sp³-hybridized carbons (Fsp3) is 0.0435. The predicted molar refractivity (Wildman–Crippen MR) is 134 cm³/mol. The van der Waals surface area contributed by atoms with Crippen LogP contribution < -0.4 is 0 Å². The highest BCUT2D eigenvalue weighted by molar-refractivity contribution is 14.1. The van der Waals surface area contributed by atoms with Crippen LogP contribution in [-0.4, -0.2) is 12.4 Å². The summed E-state index contributed by atoms with van der Waals surface area (Å²) in [6.45, 7) is 1.87. The molecular weight excluding hydrogens is 646 g/mol. The maximum atomic E-state index is 14.1. The van der Waals surface area contributed by atoms with Gasteiger partial charge in [-0.2, -0.15) is 0 Å². The minimum atomic E-state index is -4.08.